The summed E-state index contributed by atoms with van der Waals surface area (Å²) in [5.74, 6) is 0. The van der Waals surface area contributed by atoms with Crippen LogP contribution in [0.4, 0.5) is 0 Å². The highest BCUT2D eigenvalue weighted by molar-refractivity contribution is 5.78. The molecule has 0 bridgehead atoms. The Kier molecular flexibility index (Phi) is 3.32. The van der Waals surface area contributed by atoms with E-state index in [-0.39, 0.29) is 0 Å². The number of nitrogens with zero attached hydrogens (tertiary/aromatic N) is 2. The zero-order chi connectivity index (χ0) is 13.1. The highest BCUT2D eigenvalue weighted by Gasteiger charge is 2.02. The van der Waals surface area contributed by atoms with Gasteiger partial charge < -0.3 is 0 Å². The summed E-state index contributed by atoms with van der Waals surface area (Å²) in [7, 11) is 0. The van der Waals surface area contributed by atoms with Gasteiger partial charge >= 0.3 is 0 Å². The molecule has 1 aromatic heterocycles. The van der Waals surface area contributed by atoms with Crippen LogP contribution in [0.2, 0.25) is 0 Å². The summed E-state index contributed by atoms with van der Waals surface area (Å²) in [5.41, 5.74) is 3.91. The van der Waals surface area contributed by atoms with Crippen molar-refractivity contribution in [3.8, 4) is 0 Å². The average molecular weight is 250 g/mol. The van der Waals surface area contributed by atoms with Crippen LogP contribution in [0.25, 0.3) is 10.9 Å². The van der Waals surface area contributed by atoms with E-state index in [2.05, 4.69) is 59.2 Å². The van der Waals surface area contributed by atoms with E-state index < -0.39 is 0 Å². The monoisotopic (exact) mass is 250 g/mol. The molecule has 0 spiro atoms. The molecule has 0 saturated heterocycles. The van der Waals surface area contributed by atoms with Crippen molar-refractivity contribution in [1.29, 1.82) is 0 Å². The van der Waals surface area contributed by atoms with E-state index in [0.29, 0.717) is 0 Å². The van der Waals surface area contributed by atoms with Crippen molar-refractivity contribution >= 4 is 10.9 Å². The normalized spacial score (nSPS) is 11.0. The lowest BCUT2D eigenvalue weighted by molar-refractivity contribution is 0.711. The molecule has 2 nitrogen and oxygen atoms in total. The number of aromatic nitrogens is 2. The third-order valence-electron chi connectivity index (χ3n) is 3.45. The molecule has 0 aliphatic heterocycles. The molecule has 0 radical (unpaired) electrons. The summed E-state index contributed by atoms with van der Waals surface area (Å²) in [6, 6.07) is 17.2. The fraction of sp³-hybridized carbons (Fsp3) is 0.235. The lowest BCUT2D eigenvalue weighted by Gasteiger charge is -2.05. The van der Waals surface area contributed by atoms with Gasteiger partial charge in [-0.1, -0.05) is 55.8 Å². The van der Waals surface area contributed by atoms with Crippen LogP contribution in [0, 0.1) is 0 Å². The smallest absolute Gasteiger partial charge is 0.0686 e. The quantitative estimate of drug-likeness (QED) is 0.683. The third-order valence-corrected chi connectivity index (χ3v) is 3.45. The SMILES string of the molecule is CCCc1ccc(Cn2ncc3ccccc32)cc1. The van der Waals surface area contributed by atoms with Crippen molar-refractivity contribution in [2.75, 3.05) is 0 Å². The van der Waals surface area contributed by atoms with Gasteiger partial charge in [-0.25, -0.2) is 0 Å². The number of hydrogen-bond acceptors (Lipinski definition) is 1. The van der Waals surface area contributed by atoms with Crippen molar-refractivity contribution in [1.82, 2.24) is 9.78 Å². The van der Waals surface area contributed by atoms with Crippen LogP contribution in [0.1, 0.15) is 24.5 Å². The molecule has 1 heterocycles. The molecule has 19 heavy (non-hydrogen) atoms. The Labute approximate surface area is 113 Å². The molecule has 0 N–H and O–H groups in total. The van der Waals surface area contributed by atoms with Crippen LogP contribution in [-0.2, 0) is 13.0 Å². The van der Waals surface area contributed by atoms with E-state index in [9.17, 15) is 0 Å². The predicted octanol–water partition coefficient (Wildman–Crippen LogP) is 4.04. The first-order valence-corrected chi connectivity index (χ1v) is 6.85. The van der Waals surface area contributed by atoms with Gasteiger partial charge in [0.2, 0.25) is 0 Å². The van der Waals surface area contributed by atoms with Gasteiger partial charge in [0.15, 0.2) is 0 Å². The second-order valence-electron chi connectivity index (χ2n) is 4.93. The maximum atomic E-state index is 4.47. The fourth-order valence-corrected chi connectivity index (χ4v) is 2.42. The maximum absolute atomic E-state index is 4.47. The number of rotatable bonds is 4. The molecule has 0 saturated carbocycles. The van der Waals surface area contributed by atoms with Crippen LogP contribution < -0.4 is 0 Å². The molecule has 96 valence electrons. The summed E-state index contributed by atoms with van der Waals surface area (Å²) in [6.45, 7) is 3.05. The number of aryl methyl sites for hydroxylation is 1. The first kappa shape index (κ1) is 12.0. The van der Waals surface area contributed by atoms with Gasteiger partial charge in [-0.2, -0.15) is 5.10 Å². The molecule has 2 heteroatoms. The van der Waals surface area contributed by atoms with Gasteiger partial charge in [0, 0.05) is 5.39 Å². The Hall–Kier alpha value is -2.09. The minimum atomic E-state index is 0.833. The molecule has 0 unspecified atom stereocenters. The average Bonchev–Trinajstić information content (AvgIpc) is 2.85. The third kappa shape index (κ3) is 2.53. The summed E-state index contributed by atoms with van der Waals surface area (Å²) >= 11 is 0. The molecule has 3 aromatic rings. The van der Waals surface area contributed by atoms with Crippen LogP contribution in [0.5, 0.6) is 0 Å². The predicted molar refractivity (Wildman–Crippen MR) is 79.3 cm³/mol. The molecular weight excluding hydrogens is 232 g/mol. The molecule has 0 amide bonds. The van der Waals surface area contributed by atoms with E-state index in [1.165, 1.54) is 28.5 Å². The molecular formula is C17H18N2. The van der Waals surface area contributed by atoms with Crippen molar-refractivity contribution < 1.29 is 0 Å². The second kappa shape index (κ2) is 5.27. The zero-order valence-electron chi connectivity index (χ0n) is 11.2. The highest BCUT2D eigenvalue weighted by Crippen LogP contribution is 2.15. The van der Waals surface area contributed by atoms with E-state index in [0.717, 1.165) is 13.0 Å². The lowest BCUT2D eigenvalue weighted by Crippen LogP contribution is -2.01. The Morgan fingerprint density at radius 1 is 0.947 bits per heavy atom. The van der Waals surface area contributed by atoms with Gasteiger partial charge in [0.05, 0.1) is 18.3 Å². The minimum Gasteiger partial charge on any atom is -0.260 e. The fourth-order valence-electron chi connectivity index (χ4n) is 2.42. The van der Waals surface area contributed by atoms with Gasteiger partial charge in [0.25, 0.3) is 0 Å². The lowest BCUT2D eigenvalue weighted by atomic mass is 10.1. The van der Waals surface area contributed by atoms with Crippen molar-refractivity contribution in [3.05, 3.63) is 65.9 Å². The number of hydrogen-bond donors (Lipinski definition) is 0. The summed E-state index contributed by atoms with van der Waals surface area (Å²) < 4.78 is 2.06. The molecule has 0 fully saturated rings. The van der Waals surface area contributed by atoms with Crippen molar-refractivity contribution in [2.24, 2.45) is 0 Å². The van der Waals surface area contributed by atoms with Crippen molar-refractivity contribution in [3.63, 3.8) is 0 Å². The Balaban J connectivity index is 1.84. The van der Waals surface area contributed by atoms with E-state index in [1.54, 1.807) is 0 Å². The Morgan fingerprint density at radius 2 is 1.68 bits per heavy atom. The Bertz CT molecular complexity index is 665. The van der Waals surface area contributed by atoms with E-state index in [1.807, 2.05) is 12.3 Å². The van der Waals surface area contributed by atoms with E-state index >= 15 is 0 Å². The summed E-state index contributed by atoms with van der Waals surface area (Å²) in [6.07, 6.45) is 4.29. The van der Waals surface area contributed by atoms with E-state index in [4.69, 9.17) is 0 Å². The Morgan fingerprint density at radius 3 is 2.47 bits per heavy atom. The topological polar surface area (TPSA) is 17.8 Å². The zero-order valence-corrected chi connectivity index (χ0v) is 11.2. The number of benzene rings is 2. The summed E-state index contributed by atoms with van der Waals surface area (Å²) in [4.78, 5) is 0. The largest absolute Gasteiger partial charge is 0.260 e. The first-order chi connectivity index (χ1) is 9.36. The van der Waals surface area contributed by atoms with Gasteiger partial charge in [-0.05, 0) is 23.6 Å². The maximum Gasteiger partial charge on any atom is 0.0686 e. The molecule has 0 atom stereocenters. The molecule has 3 rings (SSSR count). The highest BCUT2D eigenvalue weighted by atomic mass is 15.3. The van der Waals surface area contributed by atoms with Crippen LogP contribution in [0.15, 0.2) is 54.7 Å². The van der Waals surface area contributed by atoms with Gasteiger partial charge in [-0.15, -0.1) is 0 Å². The minimum absolute atomic E-state index is 0.833. The number of para-hydroxylation sites is 1. The van der Waals surface area contributed by atoms with Crippen LogP contribution in [-0.4, -0.2) is 9.78 Å². The standard InChI is InChI=1S/C17H18N2/c1-2-5-14-8-10-15(11-9-14)13-19-17-7-4-3-6-16(17)12-18-19/h3-4,6-12H,2,5,13H2,1H3. The summed E-state index contributed by atoms with van der Waals surface area (Å²) in [5, 5.41) is 5.67. The first-order valence-electron chi connectivity index (χ1n) is 6.85. The number of fused-ring (bicyclic) bond motifs is 1. The van der Waals surface area contributed by atoms with Gasteiger partial charge in [-0.3, -0.25) is 4.68 Å². The second-order valence-corrected chi connectivity index (χ2v) is 4.93. The molecule has 0 aliphatic rings. The van der Waals surface area contributed by atoms with Crippen molar-refractivity contribution in [2.45, 2.75) is 26.3 Å². The van der Waals surface area contributed by atoms with Gasteiger partial charge in [0.1, 0.15) is 0 Å². The molecule has 2 aromatic carbocycles. The molecule has 0 aliphatic carbocycles. The van der Waals surface area contributed by atoms with Crippen LogP contribution in [0.3, 0.4) is 0 Å². The van der Waals surface area contributed by atoms with Crippen LogP contribution >= 0.6 is 0 Å².